The summed E-state index contributed by atoms with van der Waals surface area (Å²) < 4.78 is 36.1. The van der Waals surface area contributed by atoms with Gasteiger partial charge in [-0.15, -0.1) is 0 Å². The molecular weight excluding hydrogens is 334 g/mol. The molecule has 0 fully saturated rings. The number of imidazole rings is 1. The van der Waals surface area contributed by atoms with Crippen molar-refractivity contribution in [1.82, 2.24) is 19.5 Å². The van der Waals surface area contributed by atoms with E-state index in [4.69, 9.17) is 30.7 Å². The van der Waals surface area contributed by atoms with Gasteiger partial charge in [0.25, 0.3) is 0 Å². The molecule has 0 radical (unpaired) electrons. The van der Waals surface area contributed by atoms with Crippen molar-refractivity contribution in [3.8, 4) is 0 Å². The fourth-order valence-corrected chi connectivity index (χ4v) is 2.37. The van der Waals surface area contributed by atoms with E-state index in [1.807, 2.05) is 0 Å². The first-order chi connectivity index (χ1) is 10.7. The van der Waals surface area contributed by atoms with Gasteiger partial charge in [0.15, 0.2) is 36.2 Å². The second kappa shape index (κ2) is 5.51. The second-order valence-electron chi connectivity index (χ2n) is 4.66. The topological polar surface area (TPSA) is 172 Å². The number of rotatable bonds is 4. The average molecular weight is 346 g/mol. The molecule has 0 bridgehead atoms. The molecule has 2 aromatic heterocycles. The van der Waals surface area contributed by atoms with E-state index in [9.17, 15) is 8.96 Å². The summed E-state index contributed by atoms with van der Waals surface area (Å²) in [5.41, 5.74) is 11.5. The van der Waals surface area contributed by atoms with Crippen LogP contribution in [0.3, 0.4) is 0 Å². The number of nitrogens with zero attached hydrogens (tertiary/aromatic N) is 4. The predicted molar refractivity (Wildman–Crippen MR) is 75.2 cm³/mol. The fraction of sp³-hybridized carbons (Fsp3) is 0.300. The maximum Gasteiger partial charge on any atom is 0.351 e. The highest BCUT2D eigenvalue weighted by Crippen LogP contribution is 2.38. The zero-order valence-electron chi connectivity index (χ0n) is 11.4. The summed E-state index contributed by atoms with van der Waals surface area (Å²) in [6.45, 7) is 0. The molecule has 2 atom stereocenters. The first-order valence-corrected chi connectivity index (χ1v) is 7.99. The molecule has 11 nitrogen and oxygen atoms in total. The Morgan fingerprint density at radius 3 is 2.87 bits per heavy atom. The Morgan fingerprint density at radius 2 is 2.17 bits per heavy atom. The number of nitrogens with two attached hydrogens (primary N) is 2. The van der Waals surface area contributed by atoms with Crippen molar-refractivity contribution in [2.75, 3.05) is 17.8 Å². The number of hydrogen-bond donors (Lipinski definition) is 4. The summed E-state index contributed by atoms with van der Waals surface area (Å²) in [7, 11) is -4.40. The summed E-state index contributed by atoms with van der Waals surface area (Å²) in [5.74, 6) is -0.827. The molecule has 2 aromatic rings. The van der Waals surface area contributed by atoms with Crippen LogP contribution >= 0.6 is 7.60 Å². The molecule has 1 aliphatic rings. The molecular formula is C10H12FN6O5P. The molecule has 0 saturated heterocycles. The Morgan fingerprint density at radius 1 is 1.43 bits per heavy atom. The highest BCUT2D eigenvalue weighted by molar-refractivity contribution is 7.51. The van der Waals surface area contributed by atoms with Gasteiger partial charge < -0.3 is 30.7 Å². The average Bonchev–Trinajstić information content (AvgIpc) is 2.99. The molecule has 0 aliphatic carbocycles. The van der Waals surface area contributed by atoms with E-state index in [1.165, 1.54) is 10.9 Å². The molecule has 3 rings (SSSR count). The minimum atomic E-state index is -4.40. The second-order valence-corrected chi connectivity index (χ2v) is 6.25. The quantitative estimate of drug-likeness (QED) is 0.545. The van der Waals surface area contributed by atoms with Gasteiger partial charge in [-0.2, -0.15) is 9.97 Å². The van der Waals surface area contributed by atoms with Gasteiger partial charge in [-0.05, 0) is 0 Å². The third-order valence-corrected chi connectivity index (χ3v) is 3.40. The van der Waals surface area contributed by atoms with E-state index in [2.05, 4.69) is 15.0 Å². The zero-order chi connectivity index (χ0) is 16.8. The van der Waals surface area contributed by atoms with Crippen LogP contribution in [0.15, 0.2) is 18.2 Å². The van der Waals surface area contributed by atoms with Crippen LogP contribution < -0.4 is 11.5 Å². The Kier molecular flexibility index (Phi) is 3.78. The van der Waals surface area contributed by atoms with Crippen molar-refractivity contribution < 1.29 is 28.2 Å². The Balaban J connectivity index is 1.86. The van der Waals surface area contributed by atoms with Crippen LogP contribution in [0.1, 0.15) is 6.23 Å². The van der Waals surface area contributed by atoms with Crippen LogP contribution in [-0.2, 0) is 14.0 Å². The number of aromatic nitrogens is 4. The first kappa shape index (κ1) is 15.8. The van der Waals surface area contributed by atoms with Crippen LogP contribution in [0, 0.1) is 0 Å². The van der Waals surface area contributed by atoms with Gasteiger partial charge in [0.05, 0.1) is 6.33 Å². The molecule has 0 saturated carbocycles. The van der Waals surface area contributed by atoms with Crippen LogP contribution in [0.5, 0.6) is 0 Å². The lowest BCUT2D eigenvalue weighted by molar-refractivity contribution is -0.130. The van der Waals surface area contributed by atoms with E-state index >= 15 is 0 Å². The Bertz CT molecular complexity index is 835. The van der Waals surface area contributed by atoms with Gasteiger partial charge in [-0.25, -0.2) is 9.37 Å². The van der Waals surface area contributed by atoms with E-state index in [0.29, 0.717) is 0 Å². The van der Waals surface area contributed by atoms with Gasteiger partial charge >= 0.3 is 7.60 Å². The van der Waals surface area contributed by atoms with Gasteiger partial charge in [-0.3, -0.25) is 9.13 Å². The van der Waals surface area contributed by atoms with Gasteiger partial charge in [0, 0.05) is 6.08 Å². The maximum absolute atomic E-state index is 14.1. The van der Waals surface area contributed by atoms with E-state index in [0.717, 1.165) is 6.08 Å². The monoisotopic (exact) mass is 346 g/mol. The SMILES string of the molecule is Nc1nc(N)c2ncn([C@@H]3O[C@H](OCP(=O)(O)O)C=C3F)c2n1. The molecule has 13 heteroatoms. The summed E-state index contributed by atoms with van der Waals surface area (Å²) in [5, 5.41) is 0. The smallest absolute Gasteiger partial charge is 0.351 e. The van der Waals surface area contributed by atoms with Crippen LogP contribution in [0.4, 0.5) is 16.2 Å². The standard InChI is InChI=1S/C10H12FN6O5P/c11-4-1-5(21-3-23(18,19)20)22-9(4)17-2-14-6-7(12)15-10(13)16-8(6)17/h1-2,5,9H,3H2,(H2,18,19,20)(H4,12,13,15,16)/t5-,9+/m0/s1. The largest absolute Gasteiger partial charge is 0.382 e. The lowest BCUT2D eigenvalue weighted by atomic mass is 10.4. The summed E-state index contributed by atoms with van der Waals surface area (Å²) in [6, 6.07) is 0. The van der Waals surface area contributed by atoms with Crippen molar-refractivity contribution in [1.29, 1.82) is 0 Å². The van der Waals surface area contributed by atoms with Crippen LogP contribution in [0.2, 0.25) is 0 Å². The zero-order valence-corrected chi connectivity index (χ0v) is 12.3. The fourth-order valence-electron chi connectivity index (χ4n) is 2.03. The molecule has 23 heavy (non-hydrogen) atoms. The van der Waals surface area contributed by atoms with Gasteiger partial charge in [0.2, 0.25) is 5.95 Å². The summed E-state index contributed by atoms with van der Waals surface area (Å²) >= 11 is 0. The minimum absolute atomic E-state index is 0.0305. The number of anilines is 2. The molecule has 124 valence electrons. The summed E-state index contributed by atoms with van der Waals surface area (Å²) in [6.07, 6.45) is -1.25. The van der Waals surface area contributed by atoms with Crippen molar-refractivity contribution >= 4 is 30.5 Å². The normalized spacial score (nSPS) is 21.8. The third kappa shape index (κ3) is 3.16. The molecule has 0 unspecified atom stereocenters. The number of fused-ring (bicyclic) bond motifs is 1. The number of ether oxygens (including phenoxy) is 2. The predicted octanol–water partition coefficient (Wildman–Crippen LogP) is -0.149. The van der Waals surface area contributed by atoms with Crippen molar-refractivity contribution in [3.05, 3.63) is 18.2 Å². The lowest BCUT2D eigenvalue weighted by Crippen LogP contribution is -2.16. The molecule has 0 spiro atoms. The van der Waals surface area contributed by atoms with E-state index < -0.39 is 32.3 Å². The highest BCUT2D eigenvalue weighted by Gasteiger charge is 2.32. The van der Waals surface area contributed by atoms with Crippen LogP contribution in [-0.4, -0.2) is 41.9 Å². The van der Waals surface area contributed by atoms with Crippen molar-refractivity contribution in [2.45, 2.75) is 12.5 Å². The van der Waals surface area contributed by atoms with Crippen molar-refractivity contribution in [3.63, 3.8) is 0 Å². The lowest BCUT2D eigenvalue weighted by Gasteiger charge is -2.16. The third-order valence-electron chi connectivity index (χ3n) is 2.92. The number of hydrogen-bond acceptors (Lipinski definition) is 8. The molecule has 0 aromatic carbocycles. The number of halogens is 1. The van der Waals surface area contributed by atoms with Gasteiger partial charge in [-0.1, -0.05) is 0 Å². The molecule has 3 heterocycles. The summed E-state index contributed by atoms with van der Waals surface area (Å²) in [4.78, 5) is 29.1. The highest BCUT2D eigenvalue weighted by atomic mass is 31.2. The first-order valence-electron chi connectivity index (χ1n) is 6.19. The van der Waals surface area contributed by atoms with E-state index in [1.54, 1.807) is 0 Å². The minimum Gasteiger partial charge on any atom is -0.382 e. The van der Waals surface area contributed by atoms with E-state index in [-0.39, 0.29) is 22.9 Å². The Labute approximate surface area is 127 Å². The number of nitrogen functional groups attached to an aromatic ring is 2. The Hall–Kier alpha value is -2.11. The molecule has 0 amide bonds. The molecule has 6 N–H and O–H groups in total. The molecule has 1 aliphatic heterocycles. The van der Waals surface area contributed by atoms with Gasteiger partial charge in [0.1, 0.15) is 5.52 Å². The van der Waals surface area contributed by atoms with Crippen LogP contribution in [0.25, 0.3) is 11.2 Å². The van der Waals surface area contributed by atoms with Crippen molar-refractivity contribution in [2.24, 2.45) is 0 Å². The maximum atomic E-state index is 14.1.